The molecule has 0 radical (unpaired) electrons. The Balaban J connectivity index is 1.75. The largest absolute Gasteiger partial charge is 0.454 e. The van der Waals surface area contributed by atoms with Gasteiger partial charge in [0.05, 0.1) is 16.3 Å². The first kappa shape index (κ1) is 20.1. The maximum Gasteiger partial charge on any atom is 0.416 e. The van der Waals surface area contributed by atoms with Gasteiger partial charge in [0.15, 0.2) is 11.5 Å². The van der Waals surface area contributed by atoms with Crippen LogP contribution in [0.4, 0.5) is 24.5 Å². The van der Waals surface area contributed by atoms with Crippen LogP contribution in [0.2, 0.25) is 5.02 Å². The van der Waals surface area contributed by atoms with E-state index in [1.165, 1.54) is 6.07 Å². The molecule has 0 saturated heterocycles. The van der Waals surface area contributed by atoms with Crippen molar-refractivity contribution in [1.82, 2.24) is 0 Å². The molecular weight excluding hydrogens is 397 g/mol. The van der Waals surface area contributed by atoms with Crippen LogP contribution in [0.15, 0.2) is 36.4 Å². The van der Waals surface area contributed by atoms with E-state index in [2.05, 4.69) is 10.6 Å². The summed E-state index contributed by atoms with van der Waals surface area (Å²) in [7, 11) is 0. The van der Waals surface area contributed by atoms with Gasteiger partial charge in [0, 0.05) is 11.8 Å². The van der Waals surface area contributed by atoms with Crippen molar-refractivity contribution in [2.75, 3.05) is 17.4 Å². The number of ether oxygens (including phenoxy) is 2. The minimum atomic E-state index is -4.49. The van der Waals surface area contributed by atoms with E-state index < -0.39 is 17.8 Å². The fraction of sp³-hybridized carbons (Fsp3) is 0.316. The Kier molecular flexibility index (Phi) is 5.60. The summed E-state index contributed by atoms with van der Waals surface area (Å²) in [5.74, 6) is 0.600. The van der Waals surface area contributed by atoms with Crippen LogP contribution in [0, 0.1) is 5.92 Å². The number of amides is 1. The Morgan fingerprint density at radius 2 is 1.82 bits per heavy atom. The number of nitrogens with one attached hydrogen (secondary N) is 2. The smallest absolute Gasteiger partial charge is 0.416 e. The molecular formula is C19H18ClF3N2O3. The van der Waals surface area contributed by atoms with E-state index in [1.807, 2.05) is 13.8 Å². The van der Waals surface area contributed by atoms with E-state index in [1.54, 1.807) is 18.2 Å². The van der Waals surface area contributed by atoms with Crippen LogP contribution >= 0.6 is 11.6 Å². The molecule has 1 aliphatic heterocycles. The first-order valence-corrected chi connectivity index (χ1v) is 8.87. The molecule has 0 bridgehead atoms. The van der Waals surface area contributed by atoms with Gasteiger partial charge in [0.25, 0.3) is 0 Å². The van der Waals surface area contributed by atoms with Gasteiger partial charge in [0.2, 0.25) is 12.7 Å². The Labute approximate surface area is 164 Å². The lowest BCUT2D eigenvalue weighted by Crippen LogP contribution is -2.39. The molecule has 0 spiro atoms. The Morgan fingerprint density at radius 3 is 2.46 bits per heavy atom. The van der Waals surface area contributed by atoms with Crippen molar-refractivity contribution in [3.63, 3.8) is 0 Å². The lowest BCUT2D eigenvalue weighted by atomic mass is 10.0. The number of carbonyl (C=O) groups is 1. The molecule has 0 aromatic heterocycles. The Bertz CT molecular complexity index is 887. The van der Waals surface area contributed by atoms with Gasteiger partial charge in [-0.3, -0.25) is 4.79 Å². The second-order valence-corrected chi connectivity index (χ2v) is 7.02. The molecule has 1 atom stereocenters. The van der Waals surface area contributed by atoms with Crippen LogP contribution in [0.25, 0.3) is 0 Å². The van der Waals surface area contributed by atoms with Gasteiger partial charge in [-0.25, -0.2) is 0 Å². The zero-order valence-electron chi connectivity index (χ0n) is 15.1. The summed E-state index contributed by atoms with van der Waals surface area (Å²) in [6.07, 6.45) is -4.49. The maximum absolute atomic E-state index is 12.8. The number of halogens is 4. The van der Waals surface area contributed by atoms with Crippen molar-refractivity contribution in [3.8, 4) is 11.5 Å². The monoisotopic (exact) mass is 414 g/mol. The fourth-order valence-corrected chi connectivity index (χ4v) is 2.94. The highest BCUT2D eigenvalue weighted by molar-refractivity contribution is 6.33. The third-order valence-electron chi connectivity index (χ3n) is 4.20. The number of fused-ring (bicyclic) bond motifs is 1. The molecule has 2 N–H and O–H groups in total. The zero-order chi connectivity index (χ0) is 20.5. The first-order valence-electron chi connectivity index (χ1n) is 8.49. The summed E-state index contributed by atoms with van der Waals surface area (Å²) < 4.78 is 48.9. The maximum atomic E-state index is 12.8. The molecule has 150 valence electrons. The number of carbonyl (C=O) groups excluding carboxylic acids is 1. The van der Waals surface area contributed by atoms with Crippen molar-refractivity contribution < 1.29 is 27.4 Å². The number of hydrogen-bond acceptors (Lipinski definition) is 4. The highest BCUT2D eigenvalue weighted by atomic mass is 35.5. The second kappa shape index (κ2) is 7.79. The molecule has 1 heterocycles. The average Bonchev–Trinajstić information content (AvgIpc) is 3.07. The lowest BCUT2D eigenvalue weighted by molar-refractivity contribution is -0.137. The van der Waals surface area contributed by atoms with E-state index in [9.17, 15) is 18.0 Å². The quantitative estimate of drug-likeness (QED) is 0.709. The van der Waals surface area contributed by atoms with Gasteiger partial charge >= 0.3 is 6.18 Å². The molecule has 5 nitrogen and oxygen atoms in total. The van der Waals surface area contributed by atoms with Crippen molar-refractivity contribution in [2.45, 2.75) is 26.1 Å². The van der Waals surface area contributed by atoms with Gasteiger partial charge in [-0.1, -0.05) is 25.4 Å². The molecule has 1 unspecified atom stereocenters. The number of benzene rings is 2. The van der Waals surface area contributed by atoms with E-state index >= 15 is 0 Å². The van der Waals surface area contributed by atoms with Gasteiger partial charge < -0.3 is 20.1 Å². The summed E-state index contributed by atoms with van der Waals surface area (Å²) in [6.45, 7) is 3.75. The summed E-state index contributed by atoms with van der Waals surface area (Å²) in [5.41, 5.74) is -0.0941. The summed E-state index contributed by atoms with van der Waals surface area (Å²) in [6, 6.07) is 7.24. The summed E-state index contributed by atoms with van der Waals surface area (Å²) in [5, 5.41) is 5.58. The molecule has 9 heteroatoms. The second-order valence-electron chi connectivity index (χ2n) is 6.62. The molecule has 2 aromatic carbocycles. The zero-order valence-corrected chi connectivity index (χ0v) is 15.8. The standard InChI is InChI=1S/C19H18ClF3N2O3/c1-10(2)17(25-14-5-3-11(7-13(14)20)19(21,22)23)18(26)24-12-4-6-15-16(8-12)28-9-27-15/h3-8,10,17,25H,9H2,1-2H3,(H,24,26). The van der Waals surface area contributed by atoms with Crippen LogP contribution in [0.3, 0.4) is 0 Å². The predicted molar refractivity (Wildman–Crippen MR) is 99.9 cm³/mol. The summed E-state index contributed by atoms with van der Waals surface area (Å²) in [4.78, 5) is 12.7. The fourth-order valence-electron chi connectivity index (χ4n) is 2.71. The Morgan fingerprint density at radius 1 is 1.11 bits per heavy atom. The Hall–Kier alpha value is -2.61. The number of rotatable bonds is 5. The van der Waals surface area contributed by atoms with Crippen LogP contribution in [-0.2, 0) is 11.0 Å². The van der Waals surface area contributed by atoms with Crippen LogP contribution in [-0.4, -0.2) is 18.7 Å². The highest BCUT2D eigenvalue weighted by Crippen LogP contribution is 2.35. The van der Waals surface area contributed by atoms with E-state index in [0.29, 0.717) is 17.2 Å². The molecule has 28 heavy (non-hydrogen) atoms. The normalized spacial score (nSPS) is 14.1. The number of hydrogen-bond donors (Lipinski definition) is 2. The molecule has 3 rings (SSSR count). The van der Waals surface area contributed by atoms with E-state index in [0.717, 1.165) is 12.1 Å². The van der Waals surface area contributed by atoms with Gasteiger partial charge in [-0.05, 0) is 36.2 Å². The van der Waals surface area contributed by atoms with Crippen LogP contribution < -0.4 is 20.1 Å². The molecule has 0 aliphatic carbocycles. The average molecular weight is 415 g/mol. The van der Waals surface area contributed by atoms with Gasteiger partial charge in [0.1, 0.15) is 6.04 Å². The van der Waals surface area contributed by atoms with Crippen molar-refractivity contribution in [3.05, 3.63) is 47.0 Å². The molecule has 0 fully saturated rings. The topological polar surface area (TPSA) is 59.6 Å². The highest BCUT2D eigenvalue weighted by Gasteiger charge is 2.31. The minimum Gasteiger partial charge on any atom is -0.454 e. The van der Waals surface area contributed by atoms with Crippen LogP contribution in [0.5, 0.6) is 11.5 Å². The van der Waals surface area contributed by atoms with E-state index in [4.69, 9.17) is 21.1 Å². The molecule has 1 amide bonds. The molecule has 1 aliphatic rings. The molecule has 0 saturated carbocycles. The number of alkyl halides is 3. The third kappa shape index (κ3) is 4.44. The predicted octanol–water partition coefficient (Wildman–Crippen LogP) is 5.16. The van der Waals surface area contributed by atoms with Crippen LogP contribution in [0.1, 0.15) is 19.4 Å². The van der Waals surface area contributed by atoms with Gasteiger partial charge in [-0.2, -0.15) is 13.2 Å². The SMILES string of the molecule is CC(C)C(Nc1ccc(C(F)(F)F)cc1Cl)C(=O)Nc1ccc2c(c1)OCO2. The lowest BCUT2D eigenvalue weighted by Gasteiger charge is -2.24. The minimum absolute atomic E-state index is 0.114. The third-order valence-corrected chi connectivity index (χ3v) is 4.51. The number of anilines is 2. The van der Waals surface area contributed by atoms with Crippen molar-refractivity contribution in [2.24, 2.45) is 5.92 Å². The first-order chi connectivity index (χ1) is 13.1. The molecule has 2 aromatic rings. The summed E-state index contributed by atoms with van der Waals surface area (Å²) >= 11 is 5.99. The van der Waals surface area contributed by atoms with Gasteiger partial charge in [-0.15, -0.1) is 0 Å². The van der Waals surface area contributed by atoms with Crippen molar-refractivity contribution >= 4 is 28.9 Å². The van der Waals surface area contributed by atoms with Crippen molar-refractivity contribution in [1.29, 1.82) is 0 Å². The van der Waals surface area contributed by atoms with E-state index in [-0.39, 0.29) is 29.3 Å².